The molecule has 0 amide bonds. The predicted molar refractivity (Wildman–Crippen MR) is 85.1 cm³/mol. The zero-order chi connectivity index (χ0) is 18.6. The van der Waals surface area contributed by atoms with Crippen LogP contribution in [0.1, 0.15) is 65.2 Å². The number of rotatable bonds is 12. The maximum absolute atomic E-state index is 10.6. The molecule has 0 aliphatic rings. The molecule has 0 aromatic carbocycles. The summed E-state index contributed by atoms with van der Waals surface area (Å²) in [6.07, 6.45) is 1.66. The van der Waals surface area contributed by atoms with Crippen LogP contribution in [0.4, 0.5) is 0 Å². The summed E-state index contributed by atoms with van der Waals surface area (Å²) in [4.78, 5) is 21.2. The number of nitriles is 2. The van der Waals surface area contributed by atoms with Gasteiger partial charge in [0.15, 0.2) is 11.1 Å². The Hall–Kier alpha value is -2.48. The Morgan fingerprint density at radius 1 is 0.875 bits per heavy atom. The van der Waals surface area contributed by atoms with Crippen molar-refractivity contribution in [2.75, 3.05) is 0 Å². The van der Waals surface area contributed by atoms with Gasteiger partial charge in [0.25, 0.3) is 0 Å². The molecule has 2 N–H and O–H groups in total. The number of azo groups is 1. The second kappa shape index (κ2) is 10.3. The quantitative estimate of drug-likeness (QED) is 0.522. The van der Waals surface area contributed by atoms with Gasteiger partial charge in [-0.05, 0) is 38.5 Å². The lowest BCUT2D eigenvalue weighted by Gasteiger charge is -2.23. The van der Waals surface area contributed by atoms with Gasteiger partial charge in [-0.1, -0.05) is 13.8 Å². The van der Waals surface area contributed by atoms with E-state index in [1.54, 1.807) is 13.8 Å². The third-order valence-corrected chi connectivity index (χ3v) is 3.98. The lowest BCUT2D eigenvalue weighted by molar-refractivity contribution is -0.138. The van der Waals surface area contributed by atoms with E-state index < -0.39 is 23.0 Å². The molecule has 0 radical (unpaired) electrons. The van der Waals surface area contributed by atoms with Gasteiger partial charge in [-0.15, -0.1) is 0 Å². The predicted octanol–water partition coefficient (Wildman–Crippen LogP) is 3.29. The minimum Gasteiger partial charge on any atom is -0.481 e. The highest BCUT2D eigenvalue weighted by atomic mass is 16.4. The molecule has 0 bridgehead atoms. The van der Waals surface area contributed by atoms with Crippen molar-refractivity contribution in [1.82, 2.24) is 0 Å². The SMILES string of the molecule is CCC(C#N)(CCCC(=O)O)N=NC(C#N)(CC)CCCC(=O)O. The number of carbonyl (C=O) groups is 2. The maximum atomic E-state index is 10.6. The summed E-state index contributed by atoms with van der Waals surface area (Å²) >= 11 is 0. The lowest BCUT2D eigenvalue weighted by Crippen LogP contribution is -2.28. The standard InChI is InChI=1S/C16H24N4O4/c1-3-15(11-17,9-5-7-13(21)22)19-20-16(4-2,12-18)10-6-8-14(23)24/h3-10H2,1-2H3,(H,21,22)(H,23,24). The maximum Gasteiger partial charge on any atom is 0.303 e. The van der Waals surface area contributed by atoms with Crippen molar-refractivity contribution in [1.29, 1.82) is 10.5 Å². The van der Waals surface area contributed by atoms with Crippen LogP contribution >= 0.6 is 0 Å². The largest absolute Gasteiger partial charge is 0.481 e. The average Bonchev–Trinajstić information content (AvgIpc) is 2.56. The fourth-order valence-corrected chi connectivity index (χ4v) is 2.17. The van der Waals surface area contributed by atoms with Gasteiger partial charge in [0, 0.05) is 12.8 Å². The highest BCUT2D eigenvalue weighted by Gasteiger charge is 2.32. The Bertz CT molecular complexity index is 501. The minimum absolute atomic E-state index is 0.0608. The molecule has 0 aromatic heterocycles. The van der Waals surface area contributed by atoms with E-state index in [1.165, 1.54) is 0 Å². The summed E-state index contributed by atoms with van der Waals surface area (Å²) in [7, 11) is 0. The van der Waals surface area contributed by atoms with E-state index in [2.05, 4.69) is 22.4 Å². The topological polar surface area (TPSA) is 147 Å². The first kappa shape index (κ1) is 21.5. The second-order valence-electron chi connectivity index (χ2n) is 5.69. The van der Waals surface area contributed by atoms with Crippen molar-refractivity contribution in [3.63, 3.8) is 0 Å². The van der Waals surface area contributed by atoms with Gasteiger partial charge in [-0.3, -0.25) is 9.59 Å². The summed E-state index contributed by atoms with van der Waals surface area (Å²) in [5.74, 6) is -1.88. The van der Waals surface area contributed by atoms with Crippen LogP contribution in [0.2, 0.25) is 0 Å². The summed E-state index contributed by atoms with van der Waals surface area (Å²) in [5.41, 5.74) is -2.31. The Labute approximate surface area is 141 Å². The van der Waals surface area contributed by atoms with Crippen LogP contribution in [0, 0.1) is 22.7 Å². The molecule has 2 unspecified atom stereocenters. The number of carboxylic acid groups (broad SMARTS) is 2. The lowest BCUT2D eigenvalue weighted by atomic mass is 9.91. The van der Waals surface area contributed by atoms with Crippen molar-refractivity contribution in [2.45, 2.75) is 76.3 Å². The molecule has 0 aliphatic carbocycles. The molecule has 0 fully saturated rings. The van der Waals surface area contributed by atoms with Crippen molar-refractivity contribution in [2.24, 2.45) is 10.2 Å². The zero-order valence-electron chi connectivity index (χ0n) is 14.2. The number of carboxylic acids is 2. The van der Waals surface area contributed by atoms with Gasteiger partial charge >= 0.3 is 11.9 Å². The van der Waals surface area contributed by atoms with Crippen LogP contribution in [0.25, 0.3) is 0 Å². The highest BCUT2D eigenvalue weighted by molar-refractivity contribution is 5.66. The van der Waals surface area contributed by atoms with Gasteiger partial charge in [0.2, 0.25) is 0 Å². The first-order chi connectivity index (χ1) is 11.3. The first-order valence-corrected chi connectivity index (χ1v) is 7.99. The van der Waals surface area contributed by atoms with Crippen LogP contribution in [-0.4, -0.2) is 33.2 Å². The molecule has 24 heavy (non-hydrogen) atoms. The Morgan fingerprint density at radius 2 is 1.21 bits per heavy atom. The molecule has 0 aromatic rings. The Balaban J connectivity index is 5.16. The van der Waals surface area contributed by atoms with Gasteiger partial charge in [-0.2, -0.15) is 20.8 Å². The van der Waals surface area contributed by atoms with Crippen LogP contribution in [0.15, 0.2) is 10.2 Å². The minimum atomic E-state index is -1.15. The van der Waals surface area contributed by atoms with Crippen molar-refractivity contribution >= 4 is 11.9 Å². The first-order valence-electron chi connectivity index (χ1n) is 7.99. The monoisotopic (exact) mass is 336 g/mol. The van der Waals surface area contributed by atoms with Gasteiger partial charge in [-0.25, -0.2) is 0 Å². The van der Waals surface area contributed by atoms with E-state index in [1.807, 2.05) is 0 Å². The van der Waals surface area contributed by atoms with Crippen LogP contribution in [0.5, 0.6) is 0 Å². The highest BCUT2D eigenvalue weighted by Crippen LogP contribution is 2.29. The number of hydrogen-bond acceptors (Lipinski definition) is 6. The van der Waals surface area contributed by atoms with E-state index in [9.17, 15) is 20.1 Å². The van der Waals surface area contributed by atoms with Gasteiger partial charge in [0.1, 0.15) is 0 Å². The molecule has 0 heterocycles. The van der Waals surface area contributed by atoms with Crippen molar-refractivity contribution in [3.8, 4) is 12.1 Å². The molecule has 0 saturated heterocycles. The van der Waals surface area contributed by atoms with E-state index >= 15 is 0 Å². The molecule has 8 nitrogen and oxygen atoms in total. The van der Waals surface area contributed by atoms with E-state index in [4.69, 9.17) is 10.2 Å². The zero-order valence-corrected chi connectivity index (χ0v) is 14.2. The molecule has 0 aliphatic heterocycles. The van der Waals surface area contributed by atoms with E-state index in [-0.39, 0.29) is 25.7 Å². The fraction of sp³-hybridized carbons (Fsp3) is 0.750. The van der Waals surface area contributed by atoms with Gasteiger partial charge in [0.05, 0.1) is 12.1 Å². The summed E-state index contributed by atoms with van der Waals surface area (Å²) in [5, 5.41) is 44.5. The molecule has 0 spiro atoms. The molecule has 132 valence electrons. The summed E-state index contributed by atoms with van der Waals surface area (Å²) in [6, 6.07) is 4.15. The van der Waals surface area contributed by atoms with E-state index in [0.29, 0.717) is 25.7 Å². The fourth-order valence-electron chi connectivity index (χ4n) is 2.17. The number of hydrogen-bond donors (Lipinski definition) is 2. The molecular formula is C16H24N4O4. The van der Waals surface area contributed by atoms with Crippen molar-refractivity contribution < 1.29 is 19.8 Å². The average molecular weight is 336 g/mol. The smallest absolute Gasteiger partial charge is 0.303 e. The van der Waals surface area contributed by atoms with Crippen LogP contribution in [0.3, 0.4) is 0 Å². The number of nitrogens with zero attached hydrogens (tertiary/aromatic N) is 4. The molecule has 8 heteroatoms. The third-order valence-electron chi connectivity index (χ3n) is 3.98. The van der Waals surface area contributed by atoms with E-state index in [0.717, 1.165) is 0 Å². The van der Waals surface area contributed by atoms with Crippen LogP contribution < -0.4 is 0 Å². The van der Waals surface area contributed by atoms with Crippen LogP contribution in [-0.2, 0) is 9.59 Å². The molecular weight excluding hydrogens is 312 g/mol. The molecule has 0 rings (SSSR count). The Kier molecular flexibility index (Phi) is 9.26. The summed E-state index contributed by atoms with van der Waals surface area (Å²) in [6.45, 7) is 3.51. The second-order valence-corrected chi connectivity index (χ2v) is 5.69. The summed E-state index contributed by atoms with van der Waals surface area (Å²) < 4.78 is 0. The Morgan fingerprint density at radius 3 is 1.42 bits per heavy atom. The number of aliphatic carboxylic acids is 2. The molecule has 0 saturated carbocycles. The normalized spacial score (nSPS) is 15.8. The third kappa shape index (κ3) is 7.19. The van der Waals surface area contributed by atoms with Gasteiger partial charge < -0.3 is 10.2 Å². The molecule has 2 atom stereocenters. The van der Waals surface area contributed by atoms with Crippen molar-refractivity contribution in [3.05, 3.63) is 0 Å².